The number of aliphatic hydroxyl groups excluding tert-OH is 1. The molecule has 33 heavy (non-hydrogen) atoms. The van der Waals surface area contributed by atoms with Crippen molar-refractivity contribution < 1.29 is 5.11 Å². The summed E-state index contributed by atoms with van der Waals surface area (Å²) >= 11 is 5.97. The zero-order valence-corrected chi connectivity index (χ0v) is 19.0. The Morgan fingerprint density at radius 1 is 0.939 bits per heavy atom. The van der Waals surface area contributed by atoms with E-state index in [0.29, 0.717) is 22.6 Å². The SMILES string of the molecule is OCCc1ccc(C2CCN(c3ccc(-c4n[nH]c(-c5ccc(Cl)cc5)n4)cn3)CC2)cc1. The molecule has 0 unspecified atom stereocenters. The first-order valence-electron chi connectivity index (χ1n) is 11.3. The molecule has 2 aromatic carbocycles. The Morgan fingerprint density at radius 3 is 2.33 bits per heavy atom. The van der Waals surface area contributed by atoms with Crippen molar-refractivity contribution in [3.05, 3.63) is 83.0 Å². The van der Waals surface area contributed by atoms with Crippen LogP contribution in [0.2, 0.25) is 5.02 Å². The Labute approximate surface area is 198 Å². The lowest BCUT2D eigenvalue weighted by molar-refractivity contribution is 0.299. The maximum Gasteiger partial charge on any atom is 0.183 e. The van der Waals surface area contributed by atoms with Crippen molar-refractivity contribution in [1.82, 2.24) is 20.2 Å². The standard InChI is InChI=1S/C26H26ClN5O/c27-23-8-5-21(6-9-23)25-29-26(31-30-25)22-7-10-24(28-17-22)32-14-11-20(12-15-32)19-3-1-18(2-4-19)13-16-33/h1-10,17,20,33H,11-16H2,(H,29,30,31). The third kappa shape index (κ3) is 4.92. The molecule has 0 atom stereocenters. The van der Waals surface area contributed by atoms with Gasteiger partial charge in [-0.25, -0.2) is 9.97 Å². The van der Waals surface area contributed by atoms with Gasteiger partial charge >= 0.3 is 0 Å². The second-order valence-electron chi connectivity index (χ2n) is 8.40. The average molecular weight is 460 g/mol. The van der Waals surface area contributed by atoms with E-state index < -0.39 is 0 Å². The van der Waals surface area contributed by atoms with Gasteiger partial charge in [0.05, 0.1) is 0 Å². The molecular formula is C26H26ClN5O. The number of anilines is 1. The number of aliphatic hydroxyl groups is 1. The van der Waals surface area contributed by atoms with Gasteiger partial charge in [-0.05, 0) is 72.7 Å². The van der Waals surface area contributed by atoms with Crippen LogP contribution in [0.15, 0.2) is 66.9 Å². The van der Waals surface area contributed by atoms with Crippen molar-refractivity contribution in [1.29, 1.82) is 0 Å². The van der Waals surface area contributed by atoms with Crippen LogP contribution < -0.4 is 4.90 Å². The van der Waals surface area contributed by atoms with Gasteiger partial charge in [0.25, 0.3) is 0 Å². The van der Waals surface area contributed by atoms with Gasteiger partial charge in [0, 0.05) is 42.0 Å². The minimum Gasteiger partial charge on any atom is -0.396 e. The van der Waals surface area contributed by atoms with Crippen LogP contribution in [0.25, 0.3) is 22.8 Å². The summed E-state index contributed by atoms with van der Waals surface area (Å²) in [6.07, 6.45) is 4.77. The van der Waals surface area contributed by atoms with Crippen LogP contribution >= 0.6 is 11.6 Å². The number of rotatable bonds is 6. The Balaban J connectivity index is 1.21. The zero-order chi connectivity index (χ0) is 22.6. The number of benzene rings is 2. The number of hydrogen-bond acceptors (Lipinski definition) is 5. The van der Waals surface area contributed by atoms with E-state index in [2.05, 4.69) is 50.4 Å². The molecule has 0 saturated carbocycles. The lowest BCUT2D eigenvalue weighted by Crippen LogP contribution is -2.33. The molecule has 0 radical (unpaired) electrons. The molecule has 0 spiro atoms. The number of piperidine rings is 1. The summed E-state index contributed by atoms with van der Waals surface area (Å²) in [6, 6.07) is 20.3. The van der Waals surface area contributed by atoms with Crippen LogP contribution in [0.3, 0.4) is 0 Å². The first-order chi connectivity index (χ1) is 16.2. The number of H-pyrrole nitrogens is 1. The molecule has 1 saturated heterocycles. The van der Waals surface area contributed by atoms with Crippen LogP contribution in [0.4, 0.5) is 5.82 Å². The molecule has 5 rings (SSSR count). The lowest BCUT2D eigenvalue weighted by Gasteiger charge is -2.33. The van der Waals surface area contributed by atoms with E-state index in [1.54, 1.807) is 0 Å². The molecule has 7 heteroatoms. The number of aromatic nitrogens is 4. The van der Waals surface area contributed by atoms with Gasteiger partial charge in [-0.2, -0.15) is 5.10 Å². The number of aromatic amines is 1. The van der Waals surface area contributed by atoms with E-state index in [9.17, 15) is 0 Å². The largest absolute Gasteiger partial charge is 0.396 e. The van der Waals surface area contributed by atoms with E-state index in [0.717, 1.165) is 49.3 Å². The number of pyridine rings is 1. The quantitative estimate of drug-likeness (QED) is 0.419. The van der Waals surface area contributed by atoms with Gasteiger partial charge in [0.1, 0.15) is 5.82 Å². The minimum atomic E-state index is 0.198. The van der Waals surface area contributed by atoms with Crippen molar-refractivity contribution in [2.24, 2.45) is 0 Å². The highest BCUT2D eigenvalue weighted by Gasteiger charge is 2.21. The van der Waals surface area contributed by atoms with Crippen molar-refractivity contribution in [2.75, 3.05) is 24.6 Å². The summed E-state index contributed by atoms with van der Waals surface area (Å²) < 4.78 is 0. The zero-order valence-electron chi connectivity index (χ0n) is 18.3. The smallest absolute Gasteiger partial charge is 0.183 e. The van der Waals surface area contributed by atoms with Crippen molar-refractivity contribution in [3.63, 3.8) is 0 Å². The fraction of sp³-hybridized carbons (Fsp3) is 0.269. The van der Waals surface area contributed by atoms with Crippen LogP contribution in [0, 0.1) is 0 Å². The molecule has 3 heterocycles. The maximum atomic E-state index is 9.09. The first kappa shape index (κ1) is 21.6. The van der Waals surface area contributed by atoms with E-state index in [1.807, 2.05) is 36.5 Å². The van der Waals surface area contributed by atoms with Gasteiger partial charge in [-0.1, -0.05) is 35.9 Å². The van der Waals surface area contributed by atoms with Crippen LogP contribution in [0.1, 0.15) is 29.9 Å². The number of hydrogen-bond donors (Lipinski definition) is 2. The number of nitrogens with one attached hydrogen (secondary N) is 1. The summed E-state index contributed by atoms with van der Waals surface area (Å²) in [5.41, 5.74) is 4.40. The fourth-order valence-corrected chi connectivity index (χ4v) is 4.49. The maximum absolute atomic E-state index is 9.09. The normalized spacial score (nSPS) is 14.5. The molecule has 1 fully saturated rings. The van der Waals surface area contributed by atoms with Crippen molar-refractivity contribution in [3.8, 4) is 22.8 Å². The van der Waals surface area contributed by atoms with Gasteiger partial charge in [-0.15, -0.1) is 0 Å². The molecule has 168 valence electrons. The van der Waals surface area contributed by atoms with Crippen LogP contribution in [-0.2, 0) is 6.42 Å². The molecule has 1 aliphatic rings. The molecule has 2 aromatic heterocycles. The summed E-state index contributed by atoms with van der Waals surface area (Å²) in [4.78, 5) is 11.6. The van der Waals surface area contributed by atoms with Gasteiger partial charge in [0.15, 0.2) is 11.6 Å². The Morgan fingerprint density at radius 2 is 1.67 bits per heavy atom. The molecule has 4 aromatic rings. The number of halogens is 1. The topological polar surface area (TPSA) is 77.9 Å². The second kappa shape index (κ2) is 9.73. The minimum absolute atomic E-state index is 0.198. The Bertz CT molecular complexity index is 1180. The second-order valence-corrected chi connectivity index (χ2v) is 8.83. The average Bonchev–Trinajstić information content (AvgIpc) is 3.36. The highest BCUT2D eigenvalue weighted by atomic mass is 35.5. The number of nitrogens with zero attached hydrogens (tertiary/aromatic N) is 4. The van der Waals surface area contributed by atoms with Crippen LogP contribution in [0.5, 0.6) is 0 Å². The predicted octanol–water partition coefficient (Wildman–Crippen LogP) is 5.11. The molecule has 0 bridgehead atoms. The van der Waals surface area contributed by atoms with Crippen LogP contribution in [-0.4, -0.2) is 45.0 Å². The van der Waals surface area contributed by atoms with Crippen molar-refractivity contribution >= 4 is 17.4 Å². The summed E-state index contributed by atoms with van der Waals surface area (Å²) in [6.45, 7) is 2.16. The summed E-state index contributed by atoms with van der Waals surface area (Å²) in [5.74, 6) is 2.90. The highest BCUT2D eigenvalue weighted by Crippen LogP contribution is 2.30. The Kier molecular flexibility index (Phi) is 6.37. The molecule has 1 aliphatic heterocycles. The molecule has 2 N–H and O–H groups in total. The van der Waals surface area contributed by atoms with Gasteiger partial charge in [0.2, 0.25) is 0 Å². The summed E-state index contributed by atoms with van der Waals surface area (Å²) in [7, 11) is 0. The molecular weight excluding hydrogens is 434 g/mol. The third-order valence-electron chi connectivity index (χ3n) is 6.28. The van der Waals surface area contributed by atoms with Gasteiger partial charge < -0.3 is 10.0 Å². The lowest BCUT2D eigenvalue weighted by atomic mass is 9.89. The summed E-state index contributed by atoms with van der Waals surface area (Å²) in [5, 5.41) is 17.1. The monoisotopic (exact) mass is 459 g/mol. The predicted molar refractivity (Wildman–Crippen MR) is 131 cm³/mol. The van der Waals surface area contributed by atoms with E-state index >= 15 is 0 Å². The van der Waals surface area contributed by atoms with E-state index in [-0.39, 0.29) is 6.61 Å². The van der Waals surface area contributed by atoms with E-state index in [4.69, 9.17) is 21.7 Å². The first-order valence-corrected chi connectivity index (χ1v) is 11.7. The molecule has 0 aliphatic carbocycles. The van der Waals surface area contributed by atoms with Gasteiger partial charge in [-0.3, -0.25) is 5.10 Å². The third-order valence-corrected chi connectivity index (χ3v) is 6.53. The molecule has 0 amide bonds. The highest BCUT2D eigenvalue weighted by molar-refractivity contribution is 6.30. The van der Waals surface area contributed by atoms with E-state index in [1.165, 1.54) is 11.1 Å². The van der Waals surface area contributed by atoms with Crippen molar-refractivity contribution in [2.45, 2.75) is 25.2 Å². The molecule has 6 nitrogen and oxygen atoms in total. The Hall–Kier alpha value is -3.22. The fourth-order valence-electron chi connectivity index (χ4n) is 4.36.